The van der Waals surface area contributed by atoms with Gasteiger partial charge in [-0.1, -0.05) is 64.1 Å². The molecule has 1 atom stereocenters. The Bertz CT molecular complexity index is 1280. The quantitative estimate of drug-likeness (QED) is 0.114. The summed E-state index contributed by atoms with van der Waals surface area (Å²) in [6, 6.07) is 22.4. The summed E-state index contributed by atoms with van der Waals surface area (Å²) in [5, 5.41) is 0. The van der Waals surface area contributed by atoms with Gasteiger partial charge in [0, 0.05) is 6.08 Å². The Morgan fingerprint density at radius 3 is 1.71 bits per heavy atom. The fourth-order valence-electron chi connectivity index (χ4n) is 4.29. The molecule has 3 aromatic carbocycles. The van der Waals surface area contributed by atoms with E-state index in [9.17, 15) is 9.59 Å². The van der Waals surface area contributed by atoms with E-state index in [0.717, 1.165) is 28.9 Å². The Labute approximate surface area is 243 Å². The number of rotatable bonds is 14. The molecule has 0 saturated carbocycles. The van der Waals surface area contributed by atoms with Crippen molar-refractivity contribution in [1.29, 1.82) is 0 Å². The van der Waals surface area contributed by atoms with Crippen LogP contribution in [0, 0.1) is 17.3 Å². The van der Waals surface area contributed by atoms with E-state index in [4.69, 9.17) is 23.7 Å². The molecule has 0 heterocycles. The van der Waals surface area contributed by atoms with Crippen LogP contribution in [0.4, 0.5) is 0 Å². The fraction of sp³-hybridized carbons (Fsp3) is 0.353. The molecule has 0 saturated heterocycles. The second-order valence-corrected chi connectivity index (χ2v) is 10.7. The van der Waals surface area contributed by atoms with Crippen LogP contribution < -0.4 is 14.2 Å². The average Bonchev–Trinajstić information content (AvgIpc) is 2.96. The number of ether oxygens (including phenoxy) is 5. The van der Waals surface area contributed by atoms with E-state index in [0.29, 0.717) is 17.4 Å². The summed E-state index contributed by atoms with van der Waals surface area (Å²) in [6.45, 7) is 9.77. The van der Waals surface area contributed by atoms with E-state index in [-0.39, 0.29) is 25.5 Å². The zero-order valence-electron chi connectivity index (χ0n) is 24.7. The van der Waals surface area contributed by atoms with Crippen LogP contribution in [0.25, 0.3) is 17.2 Å². The maximum Gasteiger partial charge on any atom is 0.333 e. The highest BCUT2D eigenvalue weighted by atomic mass is 16.7. The smallest absolute Gasteiger partial charge is 0.333 e. The van der Waals surface area contributed by atoms with E-state index < -0.39 is 11.4 Å². The van der Waals surface area contributed by atoms with Crippen LogP contribution in [0.5, 0.6) is 17.2 Å². The van der Waals surface area contributed by atoms with Crippen molar-refractivity contribution in [3.8, 4) is 28.4 Å². The molecule has 0 spiro atoms. The topological polar surface area (TPSA) is 80.3 Å². The van der Waals surface area contributed by atoms with Crippen LogP contribution >= 0.6 is 0 Å². The molecule has 0 aromatic heterocycles. The maximum atomic E-state index is 12.7. The van der Waals surface area contributed by atoms with Gasteiger partial charge in [-0.3, -0.25) is 4.79 Å². The molecule has 0 aliphatic rings. The predicted molar refractivity (Wildman–Crippen MR) is 159 cm³/mol. The number of hydrogen-bond acceptors (Lipinski definition) is 7. The minimum atomic E-state index is -0.565. The lowest BCUT2D eigenvalue weighted by atomic mass is 9.73. The highest BCUT2D eigenvalue weighted by molar-refractivity contribution is 5.87. The average molecular weight is 561 g/mol. The molecule has 7 heteroatoms. The molecular weight excluding hydrogens is 520 g/mol. The van der Waals surface area contributed by atoms with Crippen molar-refractivity contribution >= 4 is 18.0 Å². The molecule has 1 unspecified atom stereocenters. The van der Waals surface area contributed by atoms with Crippen LogP contribution in [0.3, 0.4) is 0 Å². The molecule has 3 rings (SSSR count). The first kappa shape index (κ1) is 31.3. The number of carbonyl (C=O) groups excluding carboxylic acids is 2. The number of carbonyl (C=O) groups is 2. The van der Waals surface area contributed by atoms with E-state index in [1.54, 1.807) is 37.5 Å². The highest BCUT2D eigenvalue weighted by Gasteiger charge is 2.38. The van der Waals surface area contributed by atoms with Gasteiger partial charge >= 0.3 is 11.9 Å². The van der Waals surface area contributed by atoms with Gasteiger partial charge in [-0.05, 0) is 84.3 Å². The Balaban J connectivity index is 1.39. The van der Waals surface area contributed by atoms with Gasteiger partial charge in [-0.15, -0.1) is 0 Å². The second kappa shape index (κ2) is 14.9. The van der Waals surface area contributed by atoms with Gasteiger partial charge in [0.2, 0.25) is 13.6 Å². The van der Waals surface area contributed by atoms with Crippen LogP contribution in [0.1, 0.15) is 46.6 Å². The first-order valence-corrected chi connectivity index (χ1v) is 13.7. The SMILES string of the molecule is COc1ccc(-c2ccc(C=CC(=O)OCOc3ccc(OCOC(=O)C(C)(CC(C)C)C(C)C)cc3)cc2)cc1. The summed E-state index contributed by atoms with van der Waals surface area (Å²) in [6.07, 6.45) is 3.79. The van der Waals surface area contributed by atoms with Crippen molar-refractivity contribution in [1.82, 2.24) is 0 Å². The summed E-state index contributed by atoms with van der Waals surface area (Å²) in [5.41, 5.74) is 2.45. The molecule has 3 aromatic rings. The summed E-state index contributed by atoms with van der Waals surface area (Å²) >= 11 is 0. The Hall–Kier alpha value is -4.26. The van der Waals surface area contributed by atoms with E-state index in [2.05, 4.69) is 13.8 Å². The highest BCUT2D eigenvalue weighted by Crippen LogP contribution is 2.35. The van der Waals surface area contributed by atoms with Gasteiger partial charge < -0.3 is 23.7 Å². The molecule has 0 aliphatic heterocycles. The molecule has 218 valence electrons. The molecule has 0 N–H and O–H groups in total. The van der Waals surface area contributed by atoms with Crippen molar-refractivity contribution in [2.45, 2.75) is 41.0 Å². The minimum Gasteiger partial charge on any atom is -0.497 e. The zero-order chi connectivity index (χ0) is 29.8. The lowest BCUT2D eigenvalue weighted by molar-refractivity contribution is -0.165. The molecule has 0 bridgehead atoms. The van der Waals surface area contributed by atoms with Crippen molar-refractivity contribution < 1.29 is 33.3 Å². The normalized spacial score (nSPS) is 12.7. The summed E-state index contributed by atoms with van der Waals surface area (Å²) in [5.74, 6) is 1.59. The minimum absolute atomic E-state index is 0.149. The second-order valence-electron chi connectivity index (χ2n) is 10.7. The summed E-state index contributed by atoms with van der Waals surface area (Å²) < 4.78 is 26.8. The van der Waals surface area contributed by atoms with Gasteiger partial charge in [0.05, 0.1) is 12.5 Å². The lowest BCUT2D eigenvalue weighted by Crippen LogP contribution is -2.37. The number of esters is 2. The first-order valence-electron chi connectivity index (χ1n) is 13.7. The third-order valence-electron chi connectivity index (χ3n) is 6.98. The molecule has 0 amide bonds. The van der Waals surface area contributed by atoms with Crippen molar-refractivity contribution in [2.24, 2.45) is 17.3 Å². The zero-order valence-corrected chi connectivity index (χ0v) is 24.7. The van der Waals surface area contributed by atoms with Gasteiger partial charge in [0.15, 0.2) is 0 Å². The van der Waals surface area contributed by atoms with Crippen LogP contribution in [0.15, 0.2) is 78.9 Å². The maximum absolute atomic E-state index is 12.7. The third-order valence-corrected chi connectivity index (χ3v) is 6.98. The van der Waals surface area contributed by atoms with E-state index in [1.807, 2.05) is 69.3 Å². The molecule has 41 heavy (non-hydrogen) atoms. The standard InChI is InChI=1S/C34H40O7/c1-24(2)21-34(5,25(3)4)33(36)41-23-39-31-18-16-30(17-19-31)38-22-40-32(35)20-9-26-7-10-27(11-8-26)28-12-14-29(37-6)15-13-28/h7-20,24-25H,21-23H2,1-6H3. The third kappa shape index (κ3) is 9.41. The predicted octanol–water partition coefficient (Wildman–Crippen LogP) is 7.54. The fourth-order valence-corrected chi connectivity index (χ4v) is 4.29. The van der Waals surface area contributed by atoms with Crippen LogP contribution in [-0.2, 0) is 19.1 Å². The number of methoxy groups -OCH3 is 1. The Kier molecular flexibility index (Phi) is 11.4. The first-order chi connectivity index (χ1) is 19.6. The Morgan fingerprint density at radius 1 is 0.732 bits per heavy atom. The van der Waals surface area contributed by atoms with Gasteiger partial charge in [-0.2, -0.15) is 0 Å². The van der Waals surface area contributed by atoms with Crippen molar-refractivity contribution in [3.05, 3.63) is 84.4 Å². The van der Waals surface area contributed by atoms with Crippen LogP contribution in [0.2, 0.25) is 0 Å². The van der Waals surface area contributed by atoms with E-state index >= 15 is 0 Å². The number of benzene rings is 3. The van der Waals surface area contributed by atoms with Gasteiger partial charge in [-0.25, -0.2) is 4.79 Å². The van der Waals surface area contributed by atoms with E-state index in [1.165, 1.54) is 6.08 Å². The molecule has 0 radical (unpaired) electrons. The molecule has 7 nitrogen and oxygen atoms in total. The van der Waals surface area contributed by atoms with Gasteiger partial charge in [0.25, 0.3) is 0 Å². The Morgan fingerprint density at radius 2 is 1.22 bits per heavy atom. The number of hydrogen-bond donors (Lipinski definition) is 0. The summed E-state index contributed by atoms with van der Waals surface area (Å²) in [7, 11) is 1.64. The monoisotopic (exact) mass is 560 g/mol. The molecule has 0 aliphatic carbocycles. The molecule has 0 fully saturated rings. The van der Waals surface area contributed by atoms with Crippen molar-refractivity contribution in [3.63, 3.8) is 0 Å². The lowest BCUT2D eigenvalue weighted by Gasteiger charge is -2.32. The molecular formula is C34H40O7. The van der Waals surface area contributed by atoms with Crippen molar-refractivity contribution in [2.75, 3.05) is 20.7 Å². The largest absolute Gasteiger partial charge is 0.497 e. The summed E-state index contributed by atoms with van der Waals surface area (Å²) in [4.78, 5) is 24.8. The van der Waals surface area contributed by atoms with Crippen LogP contribution in [-0.4, -0.2) is 32.6 Å². The van der Waals surface area contributed by atoms with Gasteiger partial charge in [0.1, 0.15) is 17.2 Å².